The molecule has 0 aliphatic rings. The van der Waals surface area contributed by atoms with Gasteiger partial charge in [-0.2, -0.15) is 4.39 Å². The molecule has 0 spiro atoms. The summed E-state index contributed by atoms with van der Waals surface area (Å²) in [6, 6.07) is 7.21. The first-order valence-corrected chi connectivity index (χ1v) is 7.87. The zero-order valence-electron chi connectivity index (χ0n) is 13.7. The lowest BCUT2D eigenvalue weighted by Crippen LogP contribution is -2.14. The minimum absolute atomic E-state index is 0.0376. The monoisotopic (exact) mass is 350 g/mol. The first-order chi connectivity index (χ1) is 11.6. The number of nitrogens with one attached hydrogen (secondary N) is 1. The Labute approximate surface area is 146 Å². The molecule has 1 N–H and O–H groups in total. The molecule has 0 radical (unpaired) electrons. The summed E-state index contributed by atoms with van der Waals surface area (Å²) in [7, 11) is 3.12. The molecule has 0 saturated heterocycles. The number of methoxy groups -OCH3 is 2. The molecule has 0 bridgehead atoms. The molecule has 24 heavy (non-hydrogen) atoms. The van der Waals surface area contributed by atoms with Crippen molar-refractivity contribution >= 4 is 17.3 Å². The maximum absolute atomic E-state index is 13.9. The van der Waals surface area contributed by atoms with E-state index in [0.717, 1.165) is 17.9 Å². The topological polar surface area (TPSA) is 43.4 Å². The van der Waals surface area contributed by atoms with Crippen molar-refractivity contribution < 1.29 is 13.9 Å². The predicted octanol–water partition coefficient (Wildman–Crippen LogP) is 5.01. The maximum atomic E-state index is 13.9. The van der Waals surface area contributed by atoms with Crippen LogP contribution in [0.5, 0.6) is 11.5 Å². The van der Waals surface area contributed by atoms with Crippen molar-refractivity contribution in [2.45, 2.75) is 18.9 Å². The average Bonchev–Trinajstić information content (AvgIpc) is 2.61. The number of ether oxygens (including phenoxy) is 2. The van der Waals surface area contributed by atoms with E-state index in [1.807, 2.05) is 24.3 Å². The van der Waals surface area contributed by atoms with Crippen LogP contribution in [-0.2, 0) is 0 Å². The van der Waals surface area contributed by atoms with Crippen LogP contribution in [0.15, 0.2) is 43.1 Å². The highest BCUT2D eigenvalue weighted by Gasteiger charge is 2.22. The fourth-order valence-electron chi connectivity index (χ4n) is 2.41. The number of halogens is 2. The lowest BCUT2D eigenvalue weighted by molar-refractivity contribution is 0.400. The predicted molar refractivity (Wildman–Crippen MR) is 94.5 cm³/mol. The molecule has 1 heterocycles. The molecule has 0 fully saturated rings. The largest absolute Gasteiger partial charge is 0.497 e. The van der Waals surface area contributed by atoms with Crippen molar-refractivity contribution in [1.29, 1.82) is 0 Å². The molecule has 4 nitrogen and oxygen atoms in total. The quantitative estimate of drug-likeness (QED) is 0.536. The summed E-state index contributed by atoms with van der Waals surface area (Å²) in [6.07, 6.45) is 4.56. The number of nitrogens with zero attached hydrogens (tertiary/aromatic N) is 1. The van der Waals surface area contributed by atoms with E-state index in [-0.39, 0.29) is 11.1 Å². The highest BCUT2D eigenvalue weighted by molar-refractivity contribution is 6.31. The Balaban J connectivity index is 2.37. The van der Waals surface area contributed by atoms with Crippen molar-refractivity contribution in [3.63, 3.8) is 0 Å². The zero-order valence-corrected chi connectivity index (χ0v) is 14.4. The van der Waals surface area contributed by atoms with Crippen LogP contribution < -0.4 is 14.8 Å². The van der Waals surface area contributed by atoms with Gasteiger partial charge in [0.15, 0.2) is 0 Å². The van der Waals surface area contributed by atoms with E-state index < -0.39 is 5.95 Å². The van der Waals surface area contributed by atoms with E-state index in [1.54, 1.807) is 13.2 Å². The van der Waals surface area contributed by atoms with Gasteiger partial charge >= 0.3 is 0 Å². The zero-order chi connectivity index (χ0) is 17.5. The van der Waals surface area contributed by atoms with Gasteiger partial charge in [-0.15, -0.1) is 6.58 Å². The van der Waals surface area contributed by atoms with Crippen molar-refractivity contribution in [3.8, 4) is 11.5 Å². The lowest BCUT2D eigenvalue weighted by Gasteiger charge is -2.23. The number of rotatable bonds is 8. The van der Waals surface area contributed by atoms with Crippen molar-refractivity contribution in [1.82, 2.24) is 4.98 Å². The standard InChI is InChI=1S/C18H20ClFN2O2/c1-4-5-6-14(22-12-7-9-13(23-2)10-8-12)16-15(24-3)11-21-18(20)17(16)19/h4,7-11,14,22H,1,5-6H2,2-3H3/t14-/m1/s1. The van der Waals surface area contributed by atoms with E-state index in [9.17, 15) is 4.39 Å². The molecule has 1 aromatic carbocycles. The van der Waals surface area contributed by atoms with E-state index >= 15 is 0 Å². The van der Waals surface area contributed by atoms with E-state index in [2.05, 4.69) is 16.9 Å². The number of anilines is 1. The van der Waals surface area contributed by atoms with Crippen LogP contribution in [0.4, 0.5) is 10.1 Å². The van der Waals surface area contributed by atoms with Gasteiger partial charge in [-0.1, -0.05) is 17.7 Å². The third kappa shape index (κ3) is 4.17. The van der Waals surface area contributed by atoms with Crippen molar-refractivity contribution in [3.05, 3.63) is 59.7 Å². The molecule has 0 aliphatic heterocycles. The number of hydrogen-bond donors (Lipinski definition) is 1. The van der Waals surface area contributed by atoms with E-state index in [4.69, 9.17) is 21.1 Å². The number of aromatic nitrogens is 1. The first-order valence-electron chi connectivity index (χ1n) is 7.50. The Morgan fingerprint density at radius 2 is 2.00 bits per heavy atom. The second-order valence-corrected chi connectivity index (χ2v) is 5.51. The second-order valence-electron chi connectivity index (χ2n) is 5.14. The highest BCUT2D eigenvalue weighted by Crippen LogP contribution is 2.37. The van der Waals surface area contributed by atoms with Crippen LogP contribution in [0.25, 0.3) is 0 Å². The Kier molecular flexibility index (Phi) is 6.44. The summed E-state index contributed by atoms with van der Waals surface area (Å²) >= 11 is 6.16. The minimum Gasteiger partial charge on any atom is -0.497 e. The summed E-state index contributed by atoms with van der Waals surface area (Å²) in [5, 5.41) is 3.32. The van der Waals surface area contributed by atoms with Gasteiger partial charge in [0, 0.05) is 11.3 Å². The molecule has 0 aliphatic carbocycles. The number of pyridine rings is 1. The van der Waals surface area contributed by atoms with Crippen LogP contribution in [-0.4, -0.2) is 19.2 Å². The van der Waals surface area contributed by atoms with Crippen molar-refractivity contribution in [2.75, 3.05) is 19.5 Å². The first kappa shape index (κ1) is 18.1. The summed E-state index contributed by atoms with van der Waals surface area (Å²) in [6.45, 7) is 3.74. The van der Waals surface area contributed by atoms with Crippen LogP contribution in [0.2, 0.25) is 5.02 Å². The SMILES string of the molecule is C=CCC[C@@H](Nc1ccc(OC)cc1)c1c(OC)cnc(F)c1Cl. The van der Waals surface area contributed by atoms with Crippen LogP contribution in [0, 0.1) is 5.95 Å². The summed E-state index contributed by atoms with van der Waals surface area (Å²) in [5.41, 5.74) is 1.41. The molecule has 2 rings (SSSR count). The van der Waals surface area contributed by atoms with Gasteiger partial charge in [0.25, 0.3) is 0 Å². The molecule has 0 unspecified atom stereocenters. The Morgan fingerprint density at radius 1 is 1.29 bits per heavy atom. The summed E-state index contributed by atoms with van der Waals surface area (Å²) in [5.74, 6) is 0.484. The van der Waals surface area contributed by atoms with Gasteiger partial charge in [-0.05, 0) is 37.1 Å². The number of allylic oxidation sites excluding steroid dienone is 1. The molecular formula is C18H20ClFN2O2. The van der Waals surface area contributed by atoms with Gasteiger partial charge in [0.2, 0.25) is 5.95 Å². The molecule has 128 valence electrons. The third-order valence-electron chi connectivity index (χ3n) is 3.64. The van der Waals surface area contributed by atoms with Gasteiger partial charge in [0.1, 0.15) is 16.5 Å². The summed E-state index contributed by atoms with van der Waals surface area (Å²) in [4.78, 5) is 3.61. The molecule has 0 amide bonds. The number of benzene rings is 1. The molecule has 2 aromatic rings. The van der Waals surface area contributed by atoms with Crippen LogP contribution >= 0.6 is 11.6 Å². The van der Waals surface area contributed by atoms with Crippen LogP contribution in [0.1, 0.15) is 24.4 Å². The van der Waals surface area contributed by atoms with Crippen molar-refractivity contribution in [2.24, 2.45) is 0 Å². The van der Waals surface area contributed by atoms with E-state index in [0.29, 0.717) is 17.7 Å². The highest BCUT2D eigenvalue weighted by atomic mass is 35.5. The molecule has 6 heteroatoms. The van der Waals surface area contributed by atoms with Gasteiger partial charge in [-0.25, -0.2) is 4.98 Å². The second kappa shape index (κ2) is 8.55. The average molecular weight is 351 g/mol. The number of hydrogen-bond acceptors (Lipinski definition) is 4. The smallest absolute Gasteiger partial charge is 0.232 e. The fraction of sp³-hybridized carbons (Fsp3) is 0.278. The third-order valence-corrected chi connectivity index (χ3v) is 4.00. The summed E-state index contributed by atoms with van der Waals surface area (Å²) < 4.78 is 24.3. The molecule has 1 atom stereocenters. The molecule has 0 saturated carbocycles. The molecular weight excluding hydrogens is 331 g/mol. The Bertz CT molecular complexity index is 692. The van der Waals surface area contributed by atoms with Gasteiger partial charge in [0.05, 0.1) is 26.5 Å². The normalized spacial score (nSPS) is 11.7. The van der Waals surface area contributed by atoms with Gasteiger partial charge < -0.3 is 14.8 Å². The maximum Gasteiger partial charge on any atom is 0.232 e. The Hall–Kier alpha value is -2.27. The fourth-order valence-corrected chi connectivity index (χ4v) is 2.68. The lowest BCUT2D eigenvalue weighted by atomic mass is 10.0. The van der Waals surface area contributed by atoms with Gasteiger partial charge in [-0.3, -0.25) is 0 Å². The van der Waals surface area contributed by atoms with E-state index in [1.165, 1.54) is 13.3 Å². The van der Waals surface area contributed by atoms with Crippen LogP contribution in [0.3, 0.4) is 0 Å². The molecule has 1 aromatic heterocycles. The minimum atomic E-state index is -0.715. The Morgan fingerprint density at radius 3 is 2.58 bits per heavy atom.